The van der Waals surface area contributed by atoms with Crippen molar-refractivity contribution in [3.8, 4) is 0 Å². The first-order chi connectivity index (χ1) is 5.47. The summed E-state index contributed by atoms with van der Waals surface area (Å²) in [5, 5.41) is 9.12. The van der Waals surface area contributed by atoms with E-state index in [1.54, 1.807) is 0 Å². The van der Waals surface area contributed by atoms with E-state index in [0.29, 0.717) is 5.41 Å². The molecule has 2 heteroatoms. The summed E-state index contributed by atoms with van der Waals surface area (Å²) in [6.07, 6.45) is 5.49. The summed E-state index contributed by atoms with van der Waals surface area (Å²) in [5.74, 6) is 0. The molecule has 0 amide bonds. The third-order valence-electron chi connectivity index (χ3n) is 3.14. The third-order valence-corrected chi connectivity index (χ3v) is 3.14. The van der Waals surface area contributed by atoms with Crippen LogP contribution in [-0.4, -0.2) is 17.3 Å². The Morgan fingerprint density at radius 3 is 2.42 bits per heavy atom. The number of nitrogens with two attached hydrogens (primary N) is 1. The summed E-state index contributed by atoms with van der Waals surface area (Å²) in [7, 11) is 0. The Morgan fingerprint density at radius 2 is 1.83 bits per heavy atom. The largest absolute Gasteiger partial charge is 0.394 e. The summed E-state index contributed by atoms with van der Waals surface area (Å²) in [5.41, 5.74) is 6.17. The molecule has 1 fully saturated rings. The van der Waals surface area contributed by atoms with E-state index in [4.69, 9.17) is 10.8 Å². The average Bonchev–Trinajstić information content (AvgIpc) is 2.13. The fraction of sp³-hybridized carbons (Fsp3) is 1.00. The molecule has 0 aromatic carbocycles. The van der Waals surface area contributed by atoms with Gasteiger partial charge in [-0.1, -0.05) is 20.3 Å². The summed E-state index contributed by atoms with van der Waals surface area (Å²) >= 11 is 0. The maximum Gasteiger partial charge on any atom is 0.0611 e. The van der Waals surface area contributed by atoms with Gasteiger partial charge < -0.3 is 10.8 Å². The van der Waals surface area contributed by atoms with Gasteiger partial charge in [0.1, 0.15) is 0 Å². The summed E-state index contributed by atoms with van der Waals surface area (Å²) < 4.78 is 0. The first-order valence-corrected chi connectivity index (χ1v) is 4.87. The molecule has 0 radical (unpaired) electrons. The number of hydrogen-bond donors (Lipinski definition) is 2. The van der Waals surface area contributed by atoms with E-state index < -0.39 is 0 Å². The Morgan fingerprint density at radius 1 is 1.17 bits per heavy atom. The SMILES string of the molecule is CC1(C)CCCC(N)(CO)CC1. The van der Waals surface area contributed by atoms with Crippen LogP contribution in [0.25, 0.3) is 0 Å². The first-order valence-electron chi connectivity index (χ1n) is 4.87. The van der Waals surface area contributed by atoms with Crippen LogP contribution in [0.15, 0.2) is 0 Å². The molecule has 1 atom stereocenters. The minimum Gasteiger partial charge on any atom is -0.394 e. The van der Waals surface area contributed by atoms with Crippen molar-refractivity contribution in [2.45, 2.75) is 51.5 Å². The van der Waals surface area contributed by atoms with Gasteiger partial charge in [-0.2, -0.15) is 0 Å². The zero-order valence-corrected chi connectivity index (χ0v) is 8.27. The molecule has 1 rings (SSSR count). The van der Waals surface area contributed by atoms with E-state index in [2.05, 4.69) is 13.8 Å². The van der Waals surface area contributed by atoms with E-state index >= 15 is 0 Å². The van der Waals surface area contributed by atoms with Crippen LogP contribution in [0, 0.1) is 5.41 Å². The molecular formula is C10H21NO. The Hall–Kier alpha value is -0.0800. The van der Waals surface area contributed by atoms with Gasteiger partial charge in [-0.15, -0.1) is 0 Å². The van der Waals surface area contributed by atoms with E-state index in [9.17, 15) is 0 Å². The molecule has 12 heavy (non-hydrogen) atoms. The molecule has 0 aromatic heterocycles. The molecular weight excluding hydrogens is 150 g/mol. The van der Waals surface area contributed by atoms with Crippen molar-refractivity contribution in [3.63, 3.8) is 0 Å². The predicted octanol–water partition coefficient (Wildman–Crippen LogP) is 1.67. The Bertz CT molecular complexity index is 156. The van der Waals surface area contributed by atoms with E-state index in [1.165, 1.54) is 6.42 Å². The predicted molar refractivity (Wildman–Crippen MR) is 50.9 cm³/mol. The van der Waals surface area contributed by atoms with E-state index in [-0.39, 0.29) is 12.1 Å². The maximum absolute atomic E-state index is 9.12. The fourth-order valence-corrected chi connectivity index (χ4v) is 1.91. The lowest BCUT2D eigenvalue weighted by atomic mass is 9.84. The lowest BCUT2D eigenvalue weighted by molar-refractivity contribution is 0.175. The van der Waals surface area contributed by atoms with Crippen molar-refractivity contribution in [3.05, 3.63) is 0 Å². The highest BCUT2D eigenvalue weighted by atomic mass is 16.3. The Balaban J connectivity index is 2.56. The lowest BCUT2D eigenvalue weighted by Crippen LogP contribution is -2.43. The topological polar surface area (TPSA) is 46.2 Å². The Kier molecular flexibility index (Phi) is 2.79. The van der Waals surface area contributed by atoms with Crippen LogP contribution in [0.1, 0.15) is 46.0 Å². The molecule has 72 valence electrons. The summed E-state index contributed by atoms with van der Waals surface area (Å²) in [6, 6.07) is 0. The van der Waals surface area contributed by atoms with Crippen LogP contribution in [0.4, 0.5) is 0 Å². The zero-order valence-electron chi connectivity index (χ0n) is 8.27. The lowest BCUT2D eigenvalue weighted by Gasteiger charge is -2.26. The fourth-order valence-electron chi connectivity index (χ4n) is 1.91. The van der Waals surface area contributed by atoms with Crippen molar-refractivity contribution in [2.75, 3.05) is 6.61 Å². The monoisotopic (exact) mass is 171 g/mol. The van der Waals surface area contributed by atoms with Crippen LogP contribution in [-0.2, 0) is 0 Å². The van der Waals surface area contributed by atoms with Gasteiger partial charge in [-0.25, -0.2) is 0 Å². The van der Waals surface area contributed by atoms with Crippen molar-refractivity contribution in [2.24, 2.45) is 11.1 Å². The molecule has 0 aliphatic heterocycles. The van der Waals surface area contributed by atoms with Gasteiger partial charge in [0, 0.05) is 5.54 Å². The molecule has 0 bridgehead atoms. The van der Waals surface area contributed by atoms with Crippen LogP contribution in [0.2, 0.25) is 0 Å². The molecule has 1 aliphatic rings. The second kappa shape index (κ2) is 3.35. The summed E-state index contributed by atoms with van der Waals surface area (Å²) in [6.45, 7) is 4.72. The standard InChI is InChI=1S/C10H21NO/c1-9(2)4-3-5-10(11,8-12)7-6-9/h12H,3-8,11H2,1-2H3. The van der Waals surface area contributed by atoms with Crippen molar-refractivity contribution in [1.82, 2.24) is 0 Å². The molecule has 0 aromatic rings. The molecule has 1 saturated carbocycles. The number of hydrogen-bond acceptors (Lipinski definition) is 2. The van der Waals surface area contributed by atoms with Gasteiger partial charge in [-0.05, 0) is 31.1 Å². The van der Waals surface area contributed by atoms with E-state index in [1.807, 2.05) is 0 Å². The molecule has 1 unspecified atom stereocenters. The number of aliphatic hydroxyl groups is 1. The molecule has 2 nitrogen and oxygen atoms in total. The number of aliphatic hydroxyl groups excluding tert-OH is 1. The second-order valence-electron chi connectivity index (χ2n) is 5.04. The van der Waals surface area contributed by atoms with Gasteiger partial charge in [-0.3, -0.25) is 0 Å². The minimum absolute atomic E-state index is 0.142. The number of rotatable bonds is 1. The highest BCUT2D eigenvalue weighted by Gasteiger charge is 2.31. The third kappa shape index (κ3) is 2.46. The molecule has 1 aliphatic carbocycles. The maximum atomic E-state index is 9.12. The van der Waals surface area contributed by atoms with Gasteiger partial charge in [0.15, 0.2) is 0 Å². The van der Waals surface area contributed by atoms with Crippen molar-refractivity contribution in [1.29, 1.82) is 0 Å². The molecule has 0 saturated heterocycles. The van der Waals surface area contributed by atoms with Crippen LogP contribution >= 0.6 is 0 Å². The Labute approximate surface area is 75.2 Å². The second-order valence-corrected chi connectivity index (χ2v) is 5.04. The van der Waals surface area contributed by atoms with Gasteiger partial charge in [0.05, 0.1) is 6.61 Å². The molecule has 0 heterocycles. The molecule has 3 N–H and O–H groups in total. The molecule has 0 spiro atoms. The van der Waals surface area contributed by atoms with E-state index in [0.717, 1.165) is 25.7 Å². The smallest absolute Gasteiger partial charge is 0.0611 e. The van der Waals surface area contributed by atoms with Crippen molar-refractivity contribution < 1.29 is 5.11 Å². The highest BCUT2D eigenvalue weighted by Crippen LogP contribution is 2.36. The summed E-state index contributed by atoms with van der Waals surface area (Å²) in [4.78, 5) is 0. The first kappa shape index (κ1) is 10.0. The highest BCUT2D eigenvalue weighted by molar-refractivity contribution is 4.89. The quantitative estimate of drug-likeness (QED) is 0.589. The average molecular weight is 171 g/mol. The van der Waals surface area contributed by atoms with Crippen molar-refractivity contribution >= 4 is 0 Å². The van der Waals surface area contributed by atoms with Gasteiger partial charge in [0.2, 0.25) is 0 Å². The zero-order chi connectivity index (χ0) is 9.24. The van der Waals surface area contributed by atoms with Crippen LogP contribution in [0.5, 0.6) is 0 Å². The van der Waals surface area contributed by atoms with Gasteiger partial charge >= 0.3 is 0 Å². The van der Waals surface area contributed by atoms with Gasteiger partial charge in [0.25, 0.3) is 0 Å². The minimum atomic E-state index is -0.284. The van der Waals surface area contributed by atoms with Crippen LogP contribution in [0.3, 0.4) is 0 Å². The van der Waals surface area contributed by atoms with Crippen LogP contribution < -0.4 is 5.73 Å². The normalized spacial score (nSPS) is 36.0.